The molecule has 0 saturated carbocycles. The van der Waals surface area contributed by atoms with E-state index in [1.807, 2.05) is 48.7 Å². The summed E-state index contributed by atoms with van der Waals surface area (Å²) in [4.78, 5) is 27.9. The summed E-state index contributed by atoms with van der Waals surface area (Å²) in [6.07, 6.45) is 3.60. The summed E-state index contributed by atoms with van der Waals surface area (Å²) in [5.74, 6) is -0.508. The zero-order chi connectivity index (χ0) is 20.7. The highest BCUT2D eigenvalue weighted by Gasteiger charge is 2.29. The Labute approximate surface area is 167 Å². The SMILES string of the molecule is C=CCn1c(C)c(C(=O)N(CCCC)c2ccccc2)c(C)c1C(=O)OCC. The quantitative estimate of drug-likeness (QED) is 0.457. The fraction of sp³-hybridized carbons (Fsp3) is 0.391. The van der Waals surface area contributed by atoms with E-state index in [-0.39, 0.29) is 12.5 Å². The van der Waals surface area contributed by atoms with Gasteiger partial charge in [-0.1, -0.05) is 37.6 Å². The van der Waals surface area contributed by atoms with E-state index < -0.39 is 5.97 Å². The number of carbonyl (C=O) groups excluding carboxylic acids is 2. The molecule has 5 heteroatoms. The Bertz CT molecular complexity index is 837. The van der Waals surface area contributed by atoms with E-state index in [1.165, 1.54) is 0 Å². The molecular formula is C23H30N2O3. The number of esters is 1. The lowest BCUT2D eigenvalue weighted by molar-refractivity contribution is 0.0513. The fourth-order valence-electron chi connectivity index (χ4n) is 3.44. The zero-order valence-corrected chi connectivity index (χ0v) is 17.3. The number of amides is 1. The van der Waals surface area contributed by atoms with Gasteiger partial charge in [0, 0.05) is 24.5 Å². The van der Waals surface area contributed by atoms with Crippen LogP contribution in [0, 0.1) is 13.8 Å². The van der Waals surface area contributed by atoms with Crippen LogP contribution < -0.4 is 4.90 Å². The molecular weight excluding hydrogens is 352 g/mol. The average Bonchev–Trinajstić information content (AvgIpc) is 2.93. The summed E-state index contributed by atoms with van der Waals surface area (Å²) < 4.78 is 7.05. The summed E-state index contributed by atoms with van der Waals surface area (Å²) in [6, 6.07) is 9.65. The van der Waals surface area contributed by atoms with E-state index in [1.54, 1.807) is 17.9 Å². The minimum absolute atomic E-state index is 0.0944. The highest BCUT2D eigenvalue weighted by atomic mass is 16.5. The van der Waals surface area contributed by atoms with Crippen molar-refractivity contribution in [2.45, 2.75) is 47.1 Å². The molecule has 5 nitrogen and oxygen atoms in total. The molecule has 0 fully saturated rings. The molecule has 0 aliphatic rings. The Morgan fingerprint density at radius 2 is 1.86 bits per heavy atom. The summed E-state index contributed by atoms with van der Waals surface area (Å²) in [6.45, 7) is 12.7. The molecule has 2 rings (SSSR count). The number of para-hydroxylation sites is 1. The largest absolute Gasteiger partial charge is 0.461 e. The predicted octanol–water partition coefficient (Wildman–Crippen LogP) is 4.91. The number of rotatable bonds is 9. The third-order valence-electron chi connectivity index (χ3n) is 4.81. The lowest BCUT2D eigenvalue weighted by Crippen LogP contribution is -2.32. The van der Waals surface area contributed by atoms with Crippen LogP contribution in [0.1, 0.15) is 58.8 Å². The highest BCUT2D eigenvalue weighted by molar-refractivity contribution is 6.09. The van der Waals surface area contributed by atoms with Crippen molar-refractivity contribution in [2.24, 2.45) is 0 Å². The minimum atomic E-state index is -0.413. The van der Waals surface area contributed by atoms with Gasteiger partial charge < -0.3 is 14.2 Å². The number of aromatic nitrogens is 1. The summed E-state index contributed by atoms with van der Waals surface area (Å²) in [5.41, 5.74) is 3.24. The number of nitrogens with zero attached hydrogens (tertiary/aromatic N) is 2. The van der Waals surface area contributed by atoms with E-state index in [2.05, 4.69) is 13.5 Å². The van der Waals surface area contributed by atoms with Crippen LogP contribution in [0.3, 0.4) is 0 Å². The van der Waals surface area contributed by atoms with Gasteiger partial charge in [-0.25, -0.2) is 4.79 Å². The van der Waals surface area contributed by atoms with Gasteiger partial charge in [0.05, 0.1) is 12.2 Å². The topological polar surface area (TPSA) is 51.5 Å². The number of carbonyl (C=O) groups is 2. The molecule has 28 heavy (non-hydrogen) atoms. The Balaban J connectivity index is 2.57. The van der Waals surface area contributed by atoms with Crippen LogP contribution in [0.15, 0.2) is 43.0 Å². The summed E-state index contributed by atoms with van der Waals surface area (Å²) in [5, 5.41) is 0. The molecule has 1 aromatic heterocycles. The van der Waals surface area contributed by atoms with Crippen molar-refractivity contribution < 1.29 is 14.3 Å². The van der Waals surface area contributed by atoms with E-state index in [0.29, 0.717) is 29.9 Å². The van der Waals surface area contributed by atoms with Crippen molar-refractivity contribution in [3.05, 3.63) is 65.5 Å². The van der Waals surface area contributed by atoms with Crippen molar-refractivity contribution in [1.82, 2.24) is 4.57 Å². The molecule has 0 aliphatic carbocycles. The first kappa shape index (κ1) is 21.5. The van der Waals surface area contributed by atoms with Crippen LogP contribution in [0.25, 0.3) is 0 Å². The van der Waals surface area contributed by atoms with Gasteiger partial charge in [0.15, 0.2) is 0 Å². The summed E-state index contributed by atoms with van der Waals surface area (Å²) in [7, 11) is 0. The molecule has 1 heterocycles. The van der Waals surface area contributed by atoms with Crippen molar-refractivity contribution in [3.63, 3.8) is 0 Å². The van der Waals surface area contributed by atoms with Crippen LogP contribution in [-0.4, -0.2) is 29.6 Å². The standard InChI is InChI=1S/C23H30N2O3/c1-6-9-16-25(19-13-11-10-12-14-19)22(26)20-17(4)21(23(27)28-8-3)24(15-7-2)18(20)5/h7,10-14H,2,6,8-9,15-16H2,1,3-5H3. The Morgan fingerprint density at radius 3 is 2.43 bits per heavy atom. The Hall–Kier alpha value is -2.82. The molecule has 1 amide bonds. The lowest BCUT2D eigenvalue weighted by atomic mass is 10.1. The van der Waals surface area contributed by atoms with Crippen LogP contribution in [0.4, 0.5) is 5.69 Å². The Kier molecular flexibility index (Phi) is 7.61. The van der Waals surface area contributed by atoms with Crippen molar-refractivity contribution in [3.8, 4) is 0 Å². The van der Waals surface area contributed by atoms with Gasteiger partial charge in [0.25, 0.3) is 5.91 Å². The molecule has 0 spiro atoms. The molecule has 0 radical (unpaired) electrons. The highest BCUT2D eigenvalue weighted by Crippen LogP contribution is 2.27. The van der Waals surface area contributed by atoms with Gasteiger partial charge in [-0.05, 0) is 44.9 Å². The molecule has 0 atom stereocenters. The first-order chi connectivity index (χ1) is 13.5. The van der Waals surface area contributed by atoms with E-state index in [4.69, 9.17) is 4.74 Å². The number of ether oxygens (including phenoxy) is 1. The van der Waals surface area contributed by atoms with Gasteiger partial charge in [-0.15, -0.1) is 6.58 Å². The van der Waals surface area contributed by atoms with Gasteiger partial charge in [-0.3, -0.25) is 4.79 Å². The second-order valence-corrected chi connectivity index (χ2v) is 6.70. The second-order valence-electron chi connectivity index (χ2n) is 6.70. The normalized spacial score (nSPS) is 10.6. The molecule has 1 aromatic carbocycles. The number of unbranched alkanes of at least 4 members (excludes halogenated alkanes) is 1. The molecule has 0 saturated heterocycles. The smallest absolute Gasteiger partial charge is 0.355 e. The number of allylic oxidation sites excluding steroid dienone is 1. The van der Waals surface area contributed by atoms with Crippen LogP contribution in [0.2, 0.25) is 0 Å². The monoisotopic (exact) mass is 382 g/mol. The average molecular weight is 383 g/mol. The maximum atomic E-state index is 13.6. The predicted molar refractivity (Wildman–Crippen MR) is 113 cm³/mol. The molecule has 0 bridgehead atoms. The minimum Gasteiger partial charge on any atom is -0.461 e. The first-order valence-electron chi connectivity index (χ1n) is 9.82. The number of hydrogen-bond donors (Lipinski definition) is 0. The van der Waals surface area contributed by atoms with Gasteiger partial charge in [0.1, 0.15) is 5.69 Å². The van der Waals surface area contributed by atoms with Gasteiger partial charge in [-0.2, -0.15) is 0 Å². The third kappa shape index (κ3) is 4.35. The van der Waals surface area contributed by atoms with E-state index >= 15 is 0 Å². The first-order valence-corrected chi connectivity index (χ1v) is 9.82. The van der Waals surface area contributed by atoms with Crippen molar-refractivity contribution >= 4 is 17.6 Å². The van der Waals surface area contributed by atoms with Crippen LogP contribution in [-0.2, 0) is 11.3 Å². The van der Waals surface area contributed by atoms with Crippen LogP contribution in [0.5, 0.6) is 0 Å². The maximum absolute atomic E-state index is 13.6. The Morgan fingerprint density at radius 1 is 1.18 bits per heavy atom. The molecule has 150 valence electrons. The number of benzene rings is 1. The summed E-state index contributed by atoms with van der Waals surface area (Å²) >= 11 is 0. The van der Waals surface area contributed by atoms with E-state index in [9.17, 15) is 9.59 Å². The molecule has 2 aromatic rings. The van der Waals surface area contributed by atoms with Crippen LogP contribution >= 0.6 is 0 Å². The molecule has 0 N–H and O–H groups in total. The van der Waals surface area contributed by atoms with E-state index in [0.717, 1.165) is 24.2 Å². The molecule has 0 aliphatic heterocycles. The second kappa shape index (κ2) is 9.93. The lowest BCUT2D eigenvalue weighted by Gasteiger charge is -2.23. The maximum Gasteiger partial charge on any atom is 0.355 e. The van der Waals surface area contributed by atoms with Crippen molar-refractivity contribution in [2.75, 3.05) is 18.1 Å². The van der Waals surface area contributed by atoms with Gasteiger partial charge in [0.2, 0.25) is 0 Å². The van der Waals surface area contributed by atoms with Gasteiger partial charge >= 0.3 is 5.97 Å². The number of hydrogen-bond acceptors (Lipinski definition) is 3. The fourth-order valence-corrected chi connectivity index (χ4v) is 3.44. The third-order valence-corrected chi connectivity index (χ3v) is 4.81. The molecule has 0 unspecified atom stereocenters. The zero-order valence-electron chi connectivity index (χ0n) is 17.3. The number of anilines is 1. The van der Waals surface area contributed by atoms with Crippen molar-refractivity contribution in [1.29, 1.82) is 0 Å².